The standard InChI is InChI=1S/C18H27N3O2S/c1-14(2)15-8-10-16(11-9-15)24(22,23)19-13-18(20(3)4)17-7-6-12-21(17)5/h6-12,14,18-19H,13H2,1-5H3. The highest BCUT2D eigenvalue weighted by Crippen LogP contribution is 2.20. The molecule has 2 rings (SSSR count). The molecule has 0 bridgehead atoms. The molecule has 1 heterocycles. The zero-order valence-electron chi connectivity index (χ0n) is 15.0. The molecule has 1 aromatic heterocycles. The minimum atomic E-state index is -3.52. The maximum atomic E-state index is 12.6. The van der Waals surface area contributed by atoms with Crippen LogP contribution in [0.5, 0.6) is 0 Å². The average molecular weight is 350 g/mol. The highest BCUT2D eigenvalue weighted by Gasteiger charge is 2.21. The van der Waals surface area contributed by atoms with Gasteiger partial charge in [-0.15, -0.1) is 0 Å². The van der Waals surface area contributed by atoms with Crippen LogP contribution < -0.4 is 4.72 Å². The molecule has 0 saturated heterocycles. The quantitative estimate of drug-likeness (QED) is 0.836. The molecule has 6 heteroatoms. The summed E-state index contributed by atoms with van der Waals surface area (Å²) in [5.41, 5.74) is 2.20. The van der Waals surface area contributed by atoms with Crippen LogP contribution in [0.25, 0.3) is 0 Å². The van der Waals surface area contributed by atoms with Gasteiger partial charge in [0.25, 0.3) is 0 Å². The zero-order valence-corrected chi connectivity index (χ0v) is 15.8. The number of nitrogens with zero attached hydrogens (tertiary/aromatic N) is 2. The Morgan fingerprint density at radius 3 is 2.21 bits per heavy atom. The van der Waals surface area contributed by atoms with Crippen LogP contribution in [0.3, 0.4) is 0 Å². The fraction of sp³-hybridized carbons (Fsp3) is 0.444. The molecule has 0 fully saturated rings. The lowest BCUT2D eigenvalue weighted by atomic mass is 10.0. The SMILES string of the molecule is CC(C)c1ccc(S(=O)(=O)NCC(c2cccn2C)N(C)C)cc1. The Bertz CT molecular complexity index is 762. The van der Waals surface area contributed by atoms with Crippen LogP contribution >= 0.6 is 0 Å². The topological polar surface area (TPSA) is 54.3 Å². The Kier molecular flexibility index (Phi) is 5.85. The van der Waals surface area contributed by atoms with Crippen LogP contribution in [0.4, 0.5) is 0 Å². The minimum Gasteiger partial charge on any atom is -0.353 e. The normalized spacial score (nSPS) is 13.6. The lowest BCUT2D eigenvalue weighted by molar-refractivity contribution is 0.289. The minimum absolute atomic E-state index is 0.0327. The van der Waals surface area contributed by atoms with Crippen LogP contribution in [0.1, 0.15) is 37.1 Å². The van der Waals surface area contributed by atoms with Gasteiger partial charge in [0, 0.05) is 25.5 Å². The van der Waals surface area contributed by atoms with E-state index >= 15 is 0 Å². The van der Waals surface area contributed by atoms with Crippen LogP contribution in [0, 0.1) is 0 Å². The molecule has 0 amide bonds. The summed E-state index contributed by atoms with van der Waals surface area (Å²) in [5, 5.41) is 0. The van der Waals surface area contributed by atoms with Gasteiger partial charge in [-0.2, -0.15) is 0 Å². The molecule has 132 valence electrons. The summed E-state index contributed by atoms with van der Waals surface area (Å²) in [6, 6.07) is 11.0. The van der Waals surface area contributed by atoms with Crippen molar-refractivity contribution in [1.29, 1.82) is 0 Å². The fourth-order valence-corrected chi connectivity index (χ4v) is 3.71. The molecule has 1 N–H and O–H groups in total. The summed E-state index contributed by atoms with van der Waals surface area (Å²) in [6.45, 7) is 4.49. The third-order valence-corrected chi connectivity index (χ3v) is 5.71. The van der Waals surface area contributed by atoms with Gasteiger partial charge in [0.05, 0.1) is 10.9 Å². The van der Waals surface area contributed by atoms with Crippen LogP contribution in [0.2, 0.25) is 0 Å². The van der Waals surface area contributed by atoms with E-state index in [9.17, 15) is 8.42 Å². The van der Waals surface area contributed by atoms with E-state index in [1.54, 1.807) is 12.1 Å². The maximum absolute atomic E-state index is 12.6. The summed E-state index contributed by atoms with van der Waals surface area (Å²) in [5.74, 6) is 0.380. The van der Waals surface area contributed by atoms with Gasteiger partial charge in [0.15, 0.2) is 0 Å². The van der Waals surface area contributed by atoms with Crippen LogP contribution in [-0.2, 0) is 17.1 Å². The Labute approximate surface area is 145 Å². The predicted octanol–water partition coefficient (Wildman–Crippen LogP) is 2.73. The van der Waals surface area contributed by atoms with Crippen LogP contribution in [0.15, 0.2) is 47.5 Å². The van der Waals surface area contributed by atoms with Gasteiger partial charge in [-0.3, -0.25) is 4.90 Å². The number of rotatable bonds is 7. The summed E-state index contributed by atoms with van der Waals surface area (Å²) in [4.78, 5) is 2.32. The van der Waals surface area contributed by atoms with Crippen molar-refractivity contribution < 1.29 is 8.42 Å². The molecule has 2 aromatic rings. The third-order valence-electron chi connectivity index (χ3n) is 4.27. The number of likely N-dealkylation sites (N-methyl/N-ethyl adjacent to an activating group) is 1. The molecule has 0 aliphatic carbocycles. The van der Waals surface area contributed by atoms with Gasteiger partial charge in [-0.05, 0) is 49.8 Å². The highest BCUT2D eigenvalue weighted by molar-refractivity contribution is 7.89. The van der Waals surface area contributed by atoms with E-state index in [4.69, 9.17) is 0 Å². The van der Waals surface area contributed by atoms with E-state index in [0.717, 1.165) is 11.3 Å². The number of sulfonamides is 1. The van der Waals surface area contributed by atoms with Crippen molar-refractivity contribution in [2.45, 2.75) is 30.7 Å². The number of benzene rings is 1. The lowest BCUT2D eigenvalue weighted by Crippen LogP contribution is -2.35. The number of hydrogen-bond acceptors (Lipinski definition) is 3. The van der Waals surface area contributed by atoms with Crippen molar-refractivity contribution in [3.63, 3.8) is 0 Å². The maximum Gasteiger partial charge on any atom is 0.240 e. The van der Waals surface area contributed by atoms with Crippen molar-refractivity contribution in [1.82, 2.24) is 14.2 Å². The first-order valence-corrected chi connectivity index (χ1v) is 9.58. The lowest BCUT2D eigenvalue weighted by Gasteiger charge is -2.25. The second kappa shape index (κ2) is 7.51. The summed E-state index contributed by atoms with van der Waals surface area (Å²) < 4.78 is 29.9. The van der Waals surface area contributed by atoms with E-state index < -0.39 is 10.0 Å². The van der Waals surface area contributed by atoms with E-state index in [-0.39, 0.29) is 6.04 Å². The number of aromatic nitrogens is 1. The second-order valence-corrected chi connectivity index (χ2v) is 8.37. The Hall–Kier alpha value is -1.63. The summed E-state index contributed by atoms with van der Waals surface area (Å²) >= 11 is 0. The van der Waals surface area contributed by atoms with Gasteiger partial charge in [-0.1, -0.05) is 26.0 Å². The Morgan fingerprint density at radius 2 is 1.75 bits per heavy atom. The molecule has 0 aliphatic rings. The first-order valence-electron chi connectivity index (χ1n) is 8.09. The molecule has 1 unspecified atom stereocenters. The van der Waals surface area contributed by atoms with E-state index in [2.05, 4.69) is 18.6 Å². The number of nitrogens with one attached hydrogen (secondary N) is 1. The van der Waals surface area contributed by atoms with Gasteiger partial charge in [0.1, 0.15) is 0 Å². The summed E-state index contributed by atoms with van der Waals surface area (Å²) in [6.07, 6.45) is 1.96. The van der Waals surface area contributed by atoms with Gasteiger partial charge < -0.3 is 4.57 Å². The molecule has 24 heavy (non-hydrogen) atoms. The molecule has 0 saturated carbocycles. The van der Waals surface area contributed by atoms with Crippen molar-refractivity contribution in [2.75, 3.05) is 20.6 Å². The second-order valence-electron chi connectivity index (χ2n) is 6.60. The van der Waals surface area contributed by atoms with Gasteiger partial charge in [-0.25, -0.2) is 13.1 Å². The fourth-order valence-electron chi connectivity index (χ4n) is 2.68. The molecule has 0 radical (unpaired) electrons. The van der Waals surface area contributed by atoms with Crippen molar-refractivity contribution in [2.24, 2.45) is 7.05 Å². The van der Waals surface area contributed by atoms with Crippen molar-refractivity contribution in [3.8, 4) is 0 Å². The molecule has 0 aliphatic heterocycles. The molecular weight excluding hydrogens is 322 g/mol. The first-order chi connectivity index (χ1) is 11.2. The van der Waals surface area contributed by atoms with Gasteiger partial charge >= 0.3 is 0 Å². The number of aryl methyl sites for hydroxylation is 1. The smallest absolute Gasteiger partial charge is 0.240 e. The average Bonchev–Trinajstić information content (AvgIpc) is 2.93. The van der Waals surface area contributed by atoms with Crippen molar-refractivity contribution in [3.05, 3.63) is 53.9 Å². The van der Waals surface area contributed by atoms with Gasteiger partial charge in [0.2, 0.25) is 10.0 Å². The summed E-state index contributed by atoms with van der Waals surface area (Å²) in [7, 11) is 2.34. The molecule has 1 aromatic carbocycles. The molecular formula is C18H27N3O2S. The van der Waals surface area contributed by atoms with E-state index in [1.807, 2.05) is 61.1 Å². The Balaban J connectivity index is 2.14. The molecule has 5 nitrogen and oxygen atoms in total. The predicted molar refractivity (Wildman–Crippen MR) is 97.6 cm³/mol. The third kappa shape index (κ3) is 4.26. The highest BCUT2D eigenvalue weighted by atomic mass is 32.2. The monoisotopic (exact) mass is 349 g/mol. The van der Waals surface area contributed by atoms with E-state index in [1.165, 1.54) is 0 Å². The molecule has 1 atom stereocenters. The first kappa shape index (κ1) is 18.7. The largest absolute Gasteiger partial charge is 0.353 e. The van der Waals surface area contributed by atoms with Crippen LogP contribution in [-0.4, -0.2) is 38.5 Å². The van der Waals surface area contributed by atoms with E-state index in [0.29, 0.717) is 17.4 Å². The Morgan fingerprint density at radius 1 is 1.12 bits per heavy atom. The number of hydrogen-bond donors (Lipinski definition) is 1. The molecule has 0 spiro atoms. The zero-order chi connectivity index (χ0) is 17.9. The van der Waals surface area contributed by atoms with Crippen molar-refractivity contribution >= 4 is 10.0 Å².